The Bertz CT molecular complexity index is 929. The molecule has 26 heavy (non-hydrogen) atoms. The van der Waals surface area contributed by atoms with Crippen molar-refractivity contribution in [3.8, 4) is 0 Å². The van der Waals surface area contributed by atoms with E-state index in [-0.39, 0.29) is 0 Å². The van der Waals surface area contributed by atoms with E-state index in [2.05, 4.69) is 53.6 Å². The van der Waals surface area contributed by atoms with Crippen LogP contribution in [0.3, 0.4) is 0 Å². The highest BCUT2D eigenvalue weighted by molar-refractivity contribution is 5.93. The maximum absolute atomic E-state index is 5.63. The molecule has 0 saturated carbocycles. The fourth-order valence-corrected chi connectivity index (χ4v) is 4.06. The van der Waals surface area contributed by atoms with Gasteiger partial charge in [-0.2, -0.15) is 0 Å². The number of benzene rings is 1. The molecule has 0 radical (unpaired) electrons. The van der Waals surface area contributed by atoms with Crippen LogP contribution in [-0.2, 0) is 24.2 Å². The number of anilines is 1. The molecule has 3 aromatic rings. The third-order valence-corrected chi connectivity index (χ3v) is 5.62. The number of aromatic nitrogens is 2. The van der Waals surface area contributed by atoms with E-state index >= 15 is 0 Å². The van der Waals surface area contributed by atoms with Gasteiger partial charge in [0.15, 0.2) is 5.82 Å². The average molecular weight is 349 g/mol. The Morgan fingerprint density at radius 1 is 1.12 bits per heavy atom. The lowest BCUT2D eigenvalue weighted by molar-refractivity contribution is 0.139. The summed E-state index contributed by atoms with van der Waals surface area (Å²) in [5.41, 5.74) is 6.79. The van der Waals surface area contributed by atoms with Gasteiger partial charge in [0.2, 0.25) is 0 Å². The first-order valence-corrected chi connectivity index (χ1v) is 9.54. The van der Waals surface area contributed by atoms with E-state index < -0.39 is 0 Å². The predicted molar refractivity (Wildman–Crippen MR) is 107 cm³/mol. The summed E-state index contributed by atoms with van der Waals surface area (Å²) >= 11 is 0. The number of hydrogen-bond donors (Lipinski definition) is 0. The lowest BCUT2D eigenvalue weighted by atomic mass is 10.00. The van der Waals surface area contributed by atoms with Gasteiger partial charge < -0.3 is 14.2 Å². The highest BCUT2D eigenvalue weighted by atomic mass is 16.5. The number of rotatable bonds is 5. The molecule has 0 bridgehead atoms. The van der Waals surface area contributed by atoms with Gasteiger partial charge in [-0.25, -0.2) is 4.98 Å². The first-order valence-electron chi connectivity index (χ1n) is 9.54. The van der Waals surface area contributed by atoms with Crippen LogP contribution in [0.2, 0.25) is 0 Å². The minimum absolute atomic E-state index is 0.734. The predicted octanol–water partition coefficient (Wildman–Crippen LogP) is 4.25. The van der Waals surface area contributed by atoms with Crippen LogP contribution in [0.1, 0.15) is 29.3 Å². The van der Waals surface area contributed by atoms with Gasteiger partial charge in [0, 0.05) is 43.5 Å². The third-order valence-electron chi connectivity index (χ3n) is 5.62. The van der Waals surface area contributed by atoms with Gasteiger partial charge in [-0.05, 0) is 49.9 Å². The number of aryl methyl sites for hydroxylation is 1. The summed E-state index contributed by atoms with van der Waals surface area (Å²) in [5.74, 6) is 1.10. The Morgan fingerprint density at radius 3 is 2.73 bits per heavy atom. The molecule has 1 aliphatic heterocycles. The zero-order valence-corrected chi connectivity index (χ0v) is 16.0. The minimum atomic E-state index is 0.734. The monoisotopic (exact) mass is 349 g/mol. The highest BCUT2D eigenvalue weighted by Crippen LogP contribution is 2.33. The normalized spacial score (nSPS) is 14.0. The Kier molecular flexibility index (Phi) is 4.68. The molecular weight excluding hydrogens is 322 g/mol. The highest BCUT2D eigenvalue weighted by Gasteiger charge is 2.22. The van der Waals surface area contributed by atoms with Crippen LogP contribution in [0.5, 0.6) is 0 Å². The van der Waals surface area contributed by atoms with Crippen molar-refractivity contribution in [1.29, 1.82) is 0 Å². The molecule has 0 unspecified atom stereocenters. The Morgan fingerprint density at radius 2 is 1.92 bits per heavy atom. The quantitative estimate of drug-likeness (QED) is 0.645. The van der Waals surface area contributed by atoms with Crippen LogP contribution >= 0.6 is 0 Å². The van der Waals surface area contributed by atoms with Gasteiger partial charge in [-0.3, -0.25) is 0 Å². The molecule has 0 atom stereocenters. The van der Waals surface area contributed by atoms with Crippen molar-refractivity contribution < 1.29 is 4.74 Å². The van der Waals surface area contributed by atoms with Gasteiger partial charge in [0.1, 0.15) is 0 Å². The van der Waals surface area contributed by atoms with Crippen LogP contribution in [0.15, 0.2) is 36.5 Å². The first kappa shape index (κ1) is 17.1. The van der Waals surface area contributed by atoms with E-state index in [4.69, 9.17) is 9.72 Å². The van der Waals surface area contributed by atoms with E-state index in [1.54, 1.807) is 0 Å². The third kappa shape index (κ3) is 2.88. The molecule has 0 fully saturated rings. The molecule has 0 aliphatic carbocycles. The van der Waals surface area contributed by atoms with Gasteiger partial charge in [-0.15, -0.1) is 0 Å². The van der Waals surface area contributed by atoms with E-state index in [0.29, 0.717) is 0 Å². The zero-order chi connectivity index (χ0) is 18.1. The summed E-state index contributed by atoms with van der Waals surface area (Å²) in [4.78, 5) is 7.24. The average Bonchev–Trinajstić information content (AvgIpc) is 2.93. The number of pyridine rings is 1. The van der Waals surface area contributed by atoms with E-state index in [0.717, 1.165) is 45.1 Å². The molecule has 4 heteroatoms. The summed E-state index contributed by atoms with van der Waals surface area (Å²) in [5, 5.41) is 1.31. The number of ether oxygens (including phenoxy) is 1. The van der Waals surface area contributed by atoms with E-state index in [1.807, 2.05) is 13.1 Å². The Hall–Kier alpha value is -2.33. The molecule has 4 nitrogen and oxygen atoms in total. The van der Waals surface area contributed by atoms with Crippen LogP contribution in [0.4, 0.5) is 5.82 Å². The van der Waals surface area contributed by atoms with Gasteiger partial charge >= 0.3 is 0 Å². The second-order valence-corrected chi connectivity index (χ2v) is 7.03. The first-order chi connectivity index (χ1) is 12.7. The smallest absolute Gasteiger partial charge is 0.153 e. The van der Waals surface area contributed by atoms with E-state index in [9.17, 15) is 0 Å². The lowest BCUT2D eigenvalue weighted by Crippen LogP contribution is -2.31. The summed E-state index contributed by atoms with van der Waals surface area (Å²) in [6.07, 6.45) is 3.03. The largest absolute Gasteiger partial charge is 0.380 e. The maximum Gasteiger partial charge on any atom is 0.153 e. The molecule has 0 N–H and O–H groups in total. The standard InChI is InChI=1S/C22H27N3O/c1-4-26-14-13-25-17(3)16(2)20-9-11-23-22(21(20)25)24-12-10-18-7-5-6-8-19(18)15-24/h5-9,11H,4,10,12-15H2,1-3H3. The van der Waals surface area contributed by atoms with Crippen LogP contribution < -0.4 is 4.90 Å². The number of nitrogens with zero attached hydrogens (tertiary/aromatic N) is 3. The Balaban J connectivity index is 1.77. The number of fused-ring (bicyclic) bond motifs is 2. The summed E-state index contributed by atoms with van der Waals surface area (Å²) in [6, 6.07) is 10.9. The second-order valence-electron chi connectivity index (χ2n) is 7.03. The van der Waals surface area contributed by atoms with Crippen molar-refractivity contribution >= 4 is 16.7 Å². The molecule has 1 aliphatic rings. The van der Waals surface area contributed by atoms with Crippen molar-refractivity contribution in [1.82, 2.24) is 9.55 Å². The molecule has 4 rings (SSSR count). The van der Waals surface area contributed by atoms with Crippen molar-refractivity contribution in [3.63, 3.8) is 0 Å². The zero-order valence-electron chi connectivity index (χ0n) is 16.0. The maximum atomic E-state index is 5.63. The van der Waals surface area contributed by atoms with Gasteiger partial charge in [0.05, 0.1) is 12.1 Å². The molecule has 0 spiro atoms. The molecule has 0 saturated heterocycles. The summed E-state index contributed by atoms with van der Waals surface area (Å²) in [6.45, 7) is 10.8. The molecule has 3 heterocycles. The van der Waals surface area contributed by atoms with E-state index in [1.165, 1.54) is 33.3 Å². The SMILES string of the molecule is CCOCCn1c(C)c(C)c2ccnc(N3CCc4ccccc4C3)c21. The van der Waals surface area contributed by atoms with Crippen molar-refractivity contribution in [2.24, 2.45) is 0 Å². The van der Waals surface area contributed by atoms with Crippen molar-refractivity contribution in [3.05, 3.63) is 58.9 Å². The van der Waals surface area contributed by atoms with Crippen LogP contribution in [0, 0.1) is 13.8 Å². The van der Waals surface area contributed by atoms with Gasteiger partial charge in [0.25, 0.3) is 0 Å². The van der Waals surface area contributed by atoms with Crippen molar-refractivity contribution in [2.45, 2.75) is 40.3 Å². The second kappa shape index (κ2) is 7.12. The molecule has 2 aromatic heterocycles. The lowest BCUT2D eigenvalue weighted by Gasteiger charge is -2.30. The summed E-state index contributed by atoms with van der Waals surface area (Å²) < 4.78 is 8.02. The number of hydrogen-bond acceptors (Lipinski definition) is 3. The van der Waals surface area contributed by atoms with Crippen LogP contribution in [-0.4, -0.2) is 29.3 Å². The summed E-state index contributed by atoms with van der Waals surface area (Å²) in [7, 11) is 0. The fraction of sp³-hybridized carbons (Fsp3) is 0.409. The molecular formula is C22H27N3O. The topological polar surface area (TPSA) is 30.3 Å². The minimum Gasteiger partial charge on any atom is -0.380 e. The Labute approximate surface area is 155 Å². The molecule has 0 amide bonds. The van der Waals surface area contributed by atoms with Crippen LogP contribution in [0.25, 0.3) is 10.9 Å². The molecule has 136 valence electrons. The fourth-order valence-electron chi connectivity index (χ4n) is 4.06. The van der Waals surface area contributed by atoms with Crippen molar-refractivity contribution in [2.75, 3.05) is 24.7 Å². The van der Waals surface area contributed by atoms with Gasteiger partial charge in [-0.1, -0.05) is 24.3 Å². The molecule has 1 aromatic carbocycles.